The van der Waals surface area contributed by atoms with Gasteiger partial charge in [-0.3, -0.25) is 4.79 Å². The van der Waals surface area contributed by atoms with Crippen molar-refractivity contribution in [2.24, 2.45) is 5.41 Å². The maximum Gasteiger partial charge on any atom is 0.237 e. The van der Waals surface area contributed by atoms with Crippen molar-refractivity contribution in [1.29, 1.82) is 0 Å². The van der Waals surface area contributed by atoms with Crippen molar-refractivity contribution < 1.29 is 4.79 Å². The molecular formula is C17H26N2O. The number of amides is 1. The van der Waals surface area contributed by atoms with Gasteiger partial charge >= 0.3 is 0 Å². The van der Waals surface area contributed by atoms with Crippen molar-refractivity contribution in [1.82, 2.24) is 10.6 Å². The van der Waals surface area contributed by atoms with Crippen LogP contribution >= 0.6 is 0 Å². The third-order valence-corrected chi connectivity index (χ3v) is 4.17. The van der Waals surface area contributed by atoms with Crippen LogP contribution in [0.5, 0.6) is 0 Å². The number of nitrogens with one attached hydrogen (secondary N) is 2. The number of rotatable bonds is 3. The van der Waals surface area contributed by atoms with Crippen LogP contribution in [0.15, 0.2) is 30.3 Å². The molecule has 0 saturated carbocycles. The summed E-state index contributed by atoms with van der Waals surface area (Å²) in [5, 5.41) is 6.58. The lowest BCUT2D eigenvalue weighted by atomic mass is 9.86. The first-order chi connectivity index (χ1) is 9.38. The molecule has 1 fully saturated rings. The van der Waals surface area contributed by atoms with E-state index in [1.807, 2.05) is 37.3 Å². The Balaban J connectivity index is 1.90. The van der Waals surface area contributed by atoms with E-state index in [2.05, 4.69) is 31.4 Å². The van der Waals surface area contributed by atoms with E-state index in [9.17, 15) is 4.79 Å². The van der Waals surface area contributed by atoms with E-state index < -0.39 is 0 Å². The van der Waals surface area contributed by atoms with Gasteiger partial charge in [-0.1, -0.05) is 51.1 Å². The van der Waals surface area contributed by atoms with Gasteiger partial charge in [0.25, 0.3) is 0 Å². The first kappa shape index (κ1) is 15.0. The maximum atomic E-state index is 12.3. The van der Waals surface area contributed by atoms with E-state index in [1.54, 1.807) is 0 Å². The largest absolute Gasteiger partial charge is 0.348 e. The molecule has 0 bridgehead atoms. The zero-order valence-electron chi connectivity index (χ0n) is 12.9. The molecule has 0 spiro atoms. The minimum atomic E-state index is -0.0506. The second-order valence-electron chi connectivity index (χ2n) is 6.86. The van der Waals surface area contributed by atoms with Gasteiger partial charge in [-0.15, -0.1) is 0 Å². The molecule has 3 atom stereocenters. The Morgan fingerprint density at radius 1 is 1.25 bits per heavy atom. The summed E-state index contributed by atoms with van der Waals surface area (Å²) in [5.41, 5.74) is 1.35. The van der Waals surface area contributed by atoms with Gasteiger partial charge in [0.2, 0.25) is 5.91 Å². The first-order valence-electron chi connectivity index (χ1n) is 7.49. The lowest BCUT2D eigenvalue weighted by Gasteiger charge is -2.28. The highest BCUT2D eigenvalue weighted by molar-refractivity contribution is 5.82. The number of hydrogen-bond acceptors (Lipinski definition) is 2. The monoisotopic (exact) mass is 274 g/mol. The summed E-state index contributed by atoms with van der Waals surface area (Å²) in [5.74, 6) is 0.119. The minimum absolute atomic E-state index is 0.0506. The van der Waals surface area contributed by atoms with E-state index in [4.69, 9.17) is 0 Å². The SMILES string of the molecule is C[C@@H](NC(=O)[C@@H]1CC[C@@H](C(C)(C)C)N1)c1ccccc1. The Bertz CT molecular complexity index is 450. The van der Waals surface area contributed by atoms with Crippen molar-refractivity contribution in [3.8, 4) is 0 Å². The molecule has 1 amide bonds. The molecule has 3 nitrogen and oxygen atoms in total. The quantitative estimate of drug-likeness (QED) is 0.889. The van der Waals surface area contributed by atoms with Crippen LogP contribution in [0.1, 0.15) is 52.1 Å². The van der Waals surface area contributed by atoms with Crippen LogP contribution in [0.4, 0.5) is 0 Å². The van der Waals surface area contributed by atoms with E-state index >= 15 is 0 Å². The molecule has 0 aromatic heterocycles. The molecule has 2 N–H and O–H groups in total. The van der Waals surface area contributed by atoms with Gasteiger partial charge in [0.05, 0.1) is 12.1 Å². The molecule has 1 saturated heterocycles. The van der Waals surface area contributed by atoms with Crippen LogP contribution in [0.25, 0.3) is 0 Å². The summed E-state index contributed by atoms with van der Waals surface area (Å²) < 4.78 is 0. The highest BCUT2D eigenvalue weighted by atomic mass is 16.2. The van der Waals surface area contributed by atoms with E-state index in [0.29, 0.717) is 6.04 Å². The Kier molecular flexibility index (Phi) is 4.48. The molecule has 1 aromatic carbocycles. The summed E-state index contributed by atoms with van der Waals surface area (Å²) in [4.78, 5) is 12.3. The average Bonchev–Trinajstić information content (AvgIpc) is 2.89. The summed E-state index contributed by atoms with van der Waals surface area (Å²) in [6.45, 7) is 8.69. The van der Waals surface area contributed by atoms with Gasteiger partial charge in [-0.05, 0) is 30.7 Å². The zero-order valence-corrected chi connectivity index (χ0v) is 12.9. The molecule has 3 heteroatoms. The molecule has 0 aliphatic carbocycles. The third kappa shape index (κ3) is 3.60. The van der Waals surface area contributed by atoms with Crippen LogP contribution in [0, 0.1) is 5.41 Å². The Hall–Kier alpha value is -1.35. The van der Waals surface area contributed by atoms with Gasteiger partial charge in [-0.2, -0.15) is 0 Å². The van der Waals surface area contributed by atoms with E-state index in [0.717, 1.165) is 18.4 Å². The Morgan fingerprint density at radius 3 is 2.45 bits per heavy atom. The molecular weight excluding hydrogens is 248 g/mol. The second-order valence-corrected chi connectivity index (χ2v) is 6.86. The van der Waals surface area contributed by atoms with Crippen LogP contribution < -0.4 is 10.6 Å². The van der Waals surface area contributed by atoms with Crippen molar-refractivity contribution >= 4 is 5.91 Å². The molecule has 1 heterocycles. The van der Waals surface area contributed by atoms with Gasteiger partial charge in [0, 0.05) is 6.04 Å². The predicted molar refractivity (Wildman–Crippen MR) is 82.4 cm³/mol. The number of carbonyl (C=O) groups excluding carboxylic acids is 1. The predicted octanol–water partition coefficient (Wildman–Crippen LogP) is 3.03. The number of benzene rings is 1. The summed E-state index contributed by atoms with van der Waals surface area (Å²) in [6.07, 6.45) is 2.00. The summed E-state index contributed by atoms with van der Waals surface area (Å²) in [6, 6.07) is 10.5. The molecule has 110 valence electrons. The molecule has 2 rings (SSSR count). The maximum absolute atomic E-state index is 12.3. The second kappa shape index (κ2) is 5.96. The van der Waals surface area contributed by atoms with Crippen LogP contribution in [-0.4, -0.2) is 18.0 Å². The molecule has 0 radical (unpaired) electrons. The lowest BCUT2D eigenvalue weighted by molar-refractivity contribution is -0.123. The molecule has 20 heavy (non-hydrogen) atoms. The number of carbonyl (C=O) groups is 1. The normalized spacial score (nSPS) is 24.4. The first-order valence-corrected chi connectivity index (χ1v) is 7.49. The number of hydrogen-bond donors (Lipinski definition) is 2. The van der Waals surface area contributed by atoms with Gasteiger partial charge in [-0.25, -0.2) is 0 Å². The van der Waals surface area contributed by atoms with Crippen molar-refractivity contribution in [2.45, 2.75) is 58.7 Å². The standard InChI is InChI=1S/C17H26N2O/c1-12(13-8-6-5-7-9-13)18-16(20)14-10-11-15(19-14)17(2,3)4/h5-9,12,14-15,19H,10-11H2,1-4H3,(H,18,20)/t12-,14+,15+/m1/s1. The van der Waals surface area contributed by atoms with Gasteiger partial charge in [0.1, 0.15) is 0 Å². The summed E-state index contributed by atoms with van der Waals surface area (Å²) >= 11 is 0. The summed E-state index contributed by atoms with van der Waals surface area (Å²) in [7, 11) is 0. The van der Waals surface area contributed by atoms with Crippen molar-refractivity contribution in [3.63, 3.8) is 0 Å². The zero-order chi connectivity index (χ0) is 14.8. The smallest absolute Gasteiger partial charge is 0.237 e. The van der Waals surface area contributed by atoms with Crippen LogP contribution in [0.2, 0.25) is 0 Å². The minimum Gasteiger partial charge on any atom is -0.348 e. The Morgan fingerprint density at radius 2 is 1.90 bits per heavy atom. The van der Waals surface area contributed by atoms with Crippen LogP contribution in [0.3, 0.4) is 0 Å². The third-order valence-electron chi connectivity index (χ3n) is 4.17. The van der Waals surface area contributed by atoms with E-state index in [1.165, 1.54) is 0 Å². The average molecular weight is 274 g/mol. The molecule has 1 aliphatic heterocycles. The van der Waals surface area contributed by atoms with Crippen molar-refractivity contribution in [3.05, 3.63) is 35.9 Å². The van der Waals surface area contributed by atoms with Crippen LogP contribution in [-0.2, 0) is 4.79 Å². The highest BCUT2D eigenvalue weighted by Gasteiger charge is 2.35. The van der Waals surface area contributed by atoms with Crippen molar-refractivity contribution in [2.75, 3.05) is 0 Å². The van der Waals surface area contributed by atoms with Gasteiger partial charge < -0.3 is 10.6 Å². The lowest BCUT2D eigenvalue weighted by Crippen LogP contribution is -2.46. The highest BCUT2D eigenvalue weighted by Crippen LogP contribution is 2.28. The Labute approximate surface area is 122 Å². The molecule has 1 aromatic rings. The fourth-order valence-electron chi connectivity index (χ4n) is 2.77. The van der Waals surface area contributed by atoms with Gasteiger partial charge in [0.15, 0.2) is 0 Å². The fourth-order valence-corrected chi connectivity index (χ4v) is 2.77. The topological polar surface area (TPSA) is 41.1 Å². The van der Waals surface area contributed by atoms with E-state index in [-0.39, 0.29) is 23.4 Å². The fraction of sp³-hybridized carbons (Fsp3) is 0.588. The molecule has 1 aliphatic rings. The molecule has 0 unspecified atom stereocenters.